The van der Waals surface area contributed by atoms with Gasteiger partial charge < -0.3 is 4.90 Å². The van der Waals surface area contributed by atoms with Gasteiger partial charge in [0.1, 0.15) is 0 Å². The molecule has 1 atom stereocenters. The molecule has 0 radical (unpaired) electrons. The van der Waals surface area contributed by atoms with Crippen molar-refractivity contribution in [3.63, 3.8) is 0 Å². The number of aryl methyl sites for hydroxylation is 1. The van der Waals surface area contributed by atoms with E-state index in [4.69, 9.17) is 0 Å². The quantitative estimate of drug-likeness (QED) is 0.868. The number of hydrogen-bond donors (Lipinski definition) is 0. The molecule has 1 aromatic heterocycles. The van der Waals surface area contributed by atoms with Gasteiger partial charge in [-0.05, 0) is 44.4 Å². The number of anilines is 1. The largest absolute Gasteiger partial charge is 0.340 e. The van der Waals surface area contributed by atoms with Crippen molar-refractivity contribution in [2.45, 2.75) is 32.7 Å². The highest BCUT2D eigenvalue weighted by atomic mass is 15.3. The van der Waals surface area contributed by atoms with Gasteiger partial charge in [-0.25, -0.2) is 9.97 Å². The van der Waals surface area contributed by atoms with E-state index in [-0.39, 0.29) is 0 Å². The first-order chi connectivity index (χ1) is 11.7. The van der Waals surface area contributed by atoms with Crippen LogP contribution in [-0.4, -0.2) is 41.0 Å². The summed E-state index contributed by atoms with van der Waals surface area (Å²) in [6.07, 6.45) is 7.59. The Bertz CT molecular complexity index is 687. The molecule has 2 fully saturated rings. The van der Waals surface area contributed by atoms with Gasteiger partial charge in [0.25, 0.3) is 0 Å². The van der Waals surface area contributed by atoms with Gasteiger partial charge in [0.2, 0.25) is 5.95 Å². The van der Waals surface area contributed by atoms with Crippen LogP contribution in [-0.2, 0) is 6.54 Å². The molecule has 2 aliphatic heterocycles. The van der Waals surface area contributed by atoms with Gasteiger partial charge in [-0.2, -0.15) is 0 Å². The van der Waals surface area contributed by atoms with Gasteiger partial charge in [-0.1, -0.05) is 29.8 Å². The maximum absolute atomic E-state index is 4.44. The highest BCUT2D eigenvalue weighted by Gasteiger charge is 2.41. The lowest BCUT2D eigenvalue weighted by Gasteiger charge is -2.40. The number of rotatable bonds is 3. The molecule has 126 valence electrons. The zero-order chi connectivity index (χ0) is 16.4. The molecule has 1 aromatic carbocycles. The fourth-order valence-electron chi connectivity index (χ4n) is 4.41. The van der Waals surface area contributed by atoms with Crippen molar-refractivity contribution in [3.8, 4) is 0 Å². The summed E-state index contributed by atoms with van der Waals surface area (Å²) in [5.74, 6) is 0.894. The molecule has 4 heteroatoms. The van der Waals surface area contributed by atoms with Gasteiger partial charge in [0, 0.05) is 44.0 Å². The average molecular weight is 322 g/mol. The van der Waals surface area contributed by atoms with Crippen molar-refractivity contribution < 1.29 is 0 Å². The predicted molar refractivity (Wildman–Crippen MR) is 97.0 cm³/mol. The van der Waals surface area contributed by atoms with E-state index in [2.05, 4.69) is 51.0 Å². The molecular formula is C20H26N4. The number of hydrogen-bond acceptors (Lipinski definition) is 4. The molecule has 4 nitrogen and oxygen atoms in total. The Kier molecular flexibility index (Phi) is 4.23. The van der Waals surface area contributed by atoms with Crippen LogP contribution in [0.5, 0.6) is 0 Å². The molecule has 3 heterocycles. The second kappa shape index (κ2) is 6.52. The van der Waals surface area contributed by atoms with Gasteiger partial charge >= 0.3 is 0 Å². The first-order valence-corrected chi connectivity index (χ1v) is 9.02. The van der Waals surface area contributed by atoms with Crippen molar-refractivity contribution in [1.82, 2.24) is 14.9 Å². The average Bonchev–Trinajstić information content (AvgIpc) is 2.99. The summed E-state index contributed by atoms with van der Waals surface area (Å²) in [7, 11) is 0. The Balaban J connectivity index is 1.43. The van der Waals surface area contributed by atoms with Gasteiger partial charge in [-0.3, -0.25) is 4.90 Å². The van der Waals surface area contributed by atoms with E-state index in [1.807, 2.05) is 18.5 Å². The monoisotopic (exact) mass is 322 g/mol. The summed E-state index contributed by atoms with van der Waals surface area (Å²) in [6.45, 7) is 7.85. The summed E-state index contributed by atoms with van der Waals surface area (Å²) >= 11 is 0. The van der Waals surface area contributed by atoms with E-state index < -0.39 is 0 Å². The van der Waals surface area contributed by atoms with Crippen LogP contribution in [0.25, 0.3) is 0 Å². The lowest BCUT2D eigenvalue weighted by molar-refractivity contribution is 0.0991. The molecule has 0 saturated carbocycles. The standard InChI is InChI=1S/C20H26N4/c1-17-5-2-6-18(13-17)14-23-11-3-7-20(15-23)8-12-24(16-20)19-21-9-4-10-22-19/h2,4-6,9-10,13H,3,7-8,11-12,14-16H2,1H3. The number of nitrogens with zero attached hydrogens (tertiary/aromatic N) is 4. The summed E-state index contributed by atoms with van der Waals surface area (Å²) in [4.78, 5) is 13.9. The first-order valence-electron chi connectivity index (χ1n) is 9.02. The Labute approximate surface area is 144 Å². The fourth-order valence-corrected chi connectivity index (χ4v) is 4.41. The third-order valence-electron chi connectivity index (χ3n) is 5.50. The highest BCUT2D eigenvalue weighted by Crippen LogP contribution is 2.40. The topological polar surface area (TPSA) is 32.3 Å². The summed E-state index contributed by atoms with van der Waals surface area (Å²) in [5.41, 5.74) is 3.21. The Morgan fingerprint density at radius 1 is 1.04 bits per heavy atom. The van der Waals surface area contributed by atoms with E-state index >= 15 is 0 Å². The Hall–Kier alpha value is -1.94. The molecule has 1 unspecified atom stereocenters. The van der Waals surface area contributed by atoms with Crippen molar-refractivity contribution in [3.05, 3.63) is 53.9 Å². The number of aromatic nitrogens is 2. The minimum atomic E-state index is 0.418. The lowest BCUT2D eigenvalue weighted by Crippen LogP contribution is -2.44. The van der Waals surface area contributed by atoms with Crippen LogP contribution in [0.3, 0.4) is 0 Å². The third-order valence-corrected chi connectivity index (χ3v) is 5.50. The summed E-state index contributed by atoms with van der Waals surface area (Å²) < 4.78 is 0. The second-order valence-electron chi connectivity index (χ2n) is 7.52. The molecular weight excluding hydrogens is 296 g/mol. The smallest absolute Gasteiger partial charge is 0.225 e. The molecule has 2 aliphatic rings. The Morgan fingerprint density at radius 2 is 1.92 bits per heavy atom. The van der Waals surface area contributed by atoms with Crippen LogP contribution in [0, 0.1) is 12.3 Å². The highest BCUT2D eigenvalue weighted by molar-refractivity contribution is 5.32. The van der Waals surface area contributed by atoms with E-state index in [1.165, 1.54) is 43.5 Å². The van der Waals surface area contributed by atoms with Crippen LogP contribution < -0.4 is 4.90 Å². The van der Waals surface area contributed by atoms with E-state index in [0.29, 0.717) is 5.41 Å². The van der Waals surface area contributed by atoms with Crippen LogP contribution in [0.1, 0.15) is 30.4 Å². The van der Waals surface area contributed by atoms with Crippen LogP contribution >= 0.6 is 0 Å². The van der Waals surface area contributed by atoms with Crippen LogP contribution in [0.4, 0.5) is 5.95 Å². The minimum absolute atomic E-state index is 0.418. The van der Waals surface area contributed by atoms with Crippen molar-refractivity contribution in [1.29, 1.82) is 0 Å². The summed E-state index contributed by atoms with van der Waals surface area (Å²) in [5, 5.41) is 0. The van der Waals surface area contributed by atoms with Crippen molar-refractivity contribution >= 4 is 5.95 Å². The Morgan fingerprint density at radius 3 is 2.75 bits per heavy atom. The first kappa shape index (κ1) is 15.6. The van der Waals surface area contributed by atoms with E-state index in [0.717, 1.165) is 25.6 Å². The molecule has 0 bridgehead atoms. The molecule has 24 heavy (non-hydrogen) atoms. The zero-order valence-corrected chi connectivity index (χ0v) is 14.5. The number of piperidine rings is 1. The van der Waals surface area contributed by atoms with Crippen LogP contribution in [0.15, 0.2) is 42.7 Å². The normalized spacial score (nSPS) is 24.6. The molecule has 0 N–H and O–H groups in total. The third kappa shape index (κ3) is 3.29. The molecule has 1 spiro atoms. The SMILES string of the molecule is Cc1cccc(CN2CCCC3(CCN(c4ncccn4)C3)C2)c1. The molecule has 4 rings (SSSR count). The van der Waals surface area contributed by atoms with Gasteiger partial charge in [0.05, 0.1) is 0 Å². The molecule has 0 amide bonds. The van der Waals surface area contributed by atoms with E-state index in [1.54, 1.807) is 0 Å². The van der Waals surface area contributed by atoms with Crippen molar-refractivity contribution in [2.75, 3.05) is 31.1 Å². The van der Waals surface area contributed by atoms with Gasteiger partial charge in [0.15, 0.2) is 0 Å². The summed E-state index contributed by atoms with van der Waals surface area (Å²) in [6, 6.07) is 10.8. The van der Waals surface area contributed by atoms with Crippen LogP contribution in [0.2, 0.25) is 0 Å². The molecule has 0 aliphatic carbocycles. The molecule has 2 aromatic rings. The van der Waals surface area contributed by atoms with E-state index in [9.17, 15) is 0 Å². The maximum atomic E-state index is 4.44. The number of likely N-dealkylation sites (tertiary alicyclic amines) is 1. The van der Waals surface area contributed by atoms with Crippen molar-refractivity contribution in [2.24, 2.45) is 5.41 Å². The fraction of sp³-hybridized carbons (Fsp3) is 0.500. The minimum Gasteiger partial charge on any atom is -0.340 e. The lowest BCUT2D eigenvalue weighted by atomic mass is 9.79. The molecule has 2 saturated heterocycles. The maximum Gasteiger partial charge on any atom is 0.225 e. The zero-order valence-electron chi connectivity index (χ0n) is 14.5. The second-order valence-corrected chi connectivity index (χ2v) is 7.52. The number of benzene rings is 1. The predicted octanol–water partition coefficient (Wildman–Crippen LogP) is 3.28. The van der Waals surface area contributed by atoms with Gasteiger partial charge in [-0.15, -0.1) is 0 Å².